The van der Waals surface area contributed by atoms with Gasteiger partial charge in [-0.15, -0.1) is 0 Å². The standard InChI is InChI=1S/C21H28FN5O2/c1-6-16-20(22)12(2)8-17(26-16)18(28)11-27(24)10-15(23)14-7-13(3)21(25-4)19(9-14)29-5/h7-10,18,28H,4,6,11,23-24H2,1-3,5H3/b15-10-. The molecule has 5 N–H and O–H groups in total. The lowest BCUT2D eigenvalue weighted by Gasteiger charge is -2.20. The molecule has 0 bridgehead atoms. The fraction of sp³-hybridized carbons (Fsp3) is 0.333. The molecule has 2 aromatic rings. The lowest BCUT2D eigenvalue weighted by Crippen LogP contribution is -2.31. The van der Waals surface area contributed by atoms with E-state index in [1.54, 1.807) is 20.1 Å². The second kappa shape index (κ2) is 9.49. The molecule has 0 aliphatic carbocycles. The summed E-state index contributed by atoms with van der Waals surface area (Å²) >= 11 is 0. The highest BCUT2D eigenvalue weighted by molar-refractivity contribution is 5.71. The number of hydrogen-bond acceptors (Lipinski definition) is 7. The molecule has 0 amide bonds. The van der Waals surface area contributed by atoms with E-state index in [4.69, 9.17) is 16.3 Å². The number of hydrogen-bond donors (Lipinski definition) is 3. The quantitative estimate of drug-likeness (QED) is 0.356. The van der Waals surface area contributed by atoms with Gasteiger partial charge in [0.15, 0.2) is 0 Å². The summed E-state index contributed by atoms with van der Waals surface area (Å²) in [6.07, 6.45) is 0.941. The number of aliphatic hydroxyl groups is 1. The fourth-order valence-electron chi connectivity index (χ4n) is 3.03. The summed E-state index contributed by atoms with van der Waals surface area (Å²) in [6.45, 7) is 8.91. The molecule has 8 heteroatoms. The smallest absolute Gasteiger partial charge is 0.147 e. The van der Waals surface area contributed by atoms with Crippen molar-refractivity contribution in [3.05, 3.63) is 58.3 Å². The van der Waals surface area contributed by atoms with E-state index in [1.165, 1.54) is 17.3 Å². The highest BCUT2D eigenvalue weighted by atomic mass is 19.1. The minimum absolute atomic E-state index is 0.0321. The summed E-state index contributed by atoms with van der Waals surface area (Å²) in [4.78, 5) is 8.17. The third kappa shape index (κ3) is 5.10. The molecular formula is C21H28FN5O2. The van der Waals surface area contributed by atoms with E-state index in [0.29, 0.717) is 46.1 Å². The van der Waals surface area contributed by atoms with Gasteiger partial charge in [-0.05, 0) is 56.3 Å². The van der Waals surface area contributed by atoms with Gasteiger partial charge in [0.05, 0.1) is 30.7 Å². The first-order chi connectivity index (χ1) is 13.7. The van der Waals surface area contributed by atoms with E-state index in [9.17, 15) is 9.50 Å². The van der Waals surface area contributed by atoms with Crippen LogP contribution < -0.4 is 16.3 Å². The molecule has 0 spiro atoms. The van der Waals surface area contributed by atoms with Gasteiger partial charge in [-0.2, -0.15) is 0 Å². The van der Waals surface area contributed by atoms with E-state index in [1.807, 2.05) is 19.9 Å². The predicted molar refractivity (Wildman–Crippen MR) is 113 cm³/mol. The first-order valence-electron chi connectivity index (χ1n) is 9.20. The number of aliphatic hydroxyl groups excluding tert-OH is 1. The van der Waals surface area contributed by atoms with Crippen molar-refractivity contribution in [3.63, 3.8) is 0 Å². The van der Waals surface area contributed by atoms with Gasteiger partial charge in [0.25, 0.3) is 0 Å². The first kappa shape index (κ1) is 22.3. The average Bonchev–Trinajstić information content (AvgIpc) is 2.68. The van der Waals surface area contributed by atoms with Gasteiger partial charge in [0.2, 0.25) is 0 Å². The number of aryl methyl sites for hydroxylation is 3. The zero-order valence-electron chi connectivity index (χ0n) is 17.2. The maximum atomic E-state index is 14.0. The fourth-order valence-corrected chi connectivity index (χ4v) is 3.03. The Hall–Kier alpha value is -2.97. The largest absolute Gasteiger partial charge is 0.494 e. The summed E-state index contributed by atoms with van der Waals surface area (Å²) in [7, 11) is 1.54. The van der Waals surface area contributed by atoms with Gasteiger partial charge in [0, 0.05) is 11.8 Å². The number of nitrogens with two attached hydrogens (primary N) is 2. The zero-order valence-corrected chi connectivity index (χ0v) is 17.2. The third-order valence-corrected chi connectivity index (χ3v) is 4.57. The van der Waals surface area contributed by atoms with Crippen LogP contribution in [0.2, 0.25) is 0 Å². The normalized spacial score (nSPS) is 12.6. The van der Waals surface area contributed by atoms with Crippen LogP contribution in [0.25, 0.3) is 5.70 Å². The number of halogens is 1. The molecule has 7 nitrogen and oxygen atoms in total. The molecule has 29 heavy (non-hydrogen) atoms. The average molecular weight is 401 g/mol. The topological polar surface area (TPSA) is 110 Å². The zero-order chi connectivity index (χ0) is 21.7. The molecule has 2 rings (SSSR count). The molecule has 1 heterocycles. The minimum atomic E-state index is -1.00. The van der Waals surface area contributed by atoms with Crippen LogP contribution in [-0.4, -0.2) is 35.5 Å². The van der Waals surface area contributed by atoms with Crippen LogP contribution in [0.1, 0.15) is 41.1 Å². The van der Waals surface area contributed by atoms with Crippen LogP contribution in [0.5, 0.6) is 5.75 Å². The van der Waals surface area contributed by atoms with Gasteiger partial charge in [-0.3, -0.25) is 9.98 Å². The molecule has 0 saturated heterocycles. The molecule has 0 aliphatic rings. The van der Waals surface area contributed by atoms with Crippen molar-refractivity contribution in [1.29, 1.82) is 0 Å². The van der Waals surface area contributed by atoms with Crippen molar-refractivity contribution in [1.82, 2.24) is 9.99 Å². The van der Waals surface area contributed by atoms with Crippen molar-refractivity contribution in [2.45, 2.75) is 33.3 Å². The summed E-state index contributed by atoms with van der Waals surface area (Å²) in [5, 5.41) is 11.8. The van der Waals surface area contributed by atoms with E-state index < -0.39 is 6.10 Å². The Bertz CT molecular complexity index is 930. The Morgan fingerprint density at radius 1 is 1.38 bits per heavy atom. The molecule has 1 unspecified atom stereocenters. The van der Waals surface area contributed by atoms with Crippen molar-refractivity contribution in [2.24, 2.45) is 16.6 Å². The Labute approximate surface area is 170 Å². The summed E-state index contributed by atoms with van der Waals surface area (Å²) in [6, 6.07) is 5.11. The highest BCUT2D eigenvalue weighted by Gasteiger charge is 2.16. The van der Waals surface area contributed by atoms with Gasteiger partial charge in [0.1, 0.15) is 23.4 Å². The number of aromatic nitrogens is 1. The van der Waals surface area contributed by atoms with Crippen LogP contribution in [0.3, 0.4) is 0 Å². The Balaban J connectivity index is 2.22. The minimum Gasteiger partial charge on any atom is -0.494 e. The molecular weight excluding hydrogens is 373 g/mol. The van der Waals surface area contributed by atoms with Crippen molar-refractivity contribution >= 4 is 18.1 Å². The number of rotatable bonds is 8. The number of ether oxygens (including phenoxy) is 1. The number of pyridine rings is 1. The Morgan fingerprint density at radius 2 is 2.07 bits per heavy atom. The van der Waals surface area contributed by atoms with Gasteiger partial charge in [-0.25, -0.2) is 10.2 Å². The van der Waals surface area contributed by atoms with Crippen LogP contribution in [-0.2, 0) is 6.42 Å². The second-order valence-corrected chi connectivity index (χ2v) is 6.78. The molecule has 0 saturated carbocycles. The number of nitrogens with zero attached hydrogens (tertiary/aromatic N) is 3. The molecule has 0 aliphatic heterocycles. The highest BCUT2D eigenvalue weighted by Crippen LogP contribution is 2.33. The lowest BCUT2D eigenvalue weighted by atomic mass is 10.1. The van der Waals surface area contributed by atoms with E-state index >= 15 is 0 Å². The number of benzene rings is 1. The maximum absolute atomic E-state index is 14.0. The Kier molecular flexibility index (Phi) is 7.30. The first-order valence-corrected chi connectivity index (χ1v) is 9.20. The number of methoxy groups -OCH3 is 1. The monoisotopic (exact) mass is 401 g/mol. The molecule has 156 valence electrons. The van der Waals surface area contributed by atoms with Crippen molar-refractivity contribution in [3.8, 4) is 5.75 Å². The second-order valence-electron chi connectivity index (χ2n) is 6.78. The van der Waals surface area contributed by atoms with Crippen molar-refractivity contribution < 1.29 is 14.2 Å². The SMILES string of the molecule is C=Nc1c(C)cc(/C(N)=C/N(N)CC(O)c2cc(C)c(F)c(CC)n2)cc1OC. The van der Waals surface area contributed by atoms with Gasteiger partial charge < -0.3 is 20.6 Å². The van der Waals surface area contributed by atoms with Crippen LogP contribution in [0.4, 0.5) is 10.1 Å². The third-order valence-electron chi connectivity index (χ3n) is 4.57. The summed E-state index contributed by atoms with van der Waals surface area (Å²) in [5.41, 5.74) is 9.87. The van der Waals surface area contributed by atoms with Gasteiger partial charge >= 0.3 is 0 Å². The lowest BCUT2D eigenvalue weighted by molar-refractivity contribution is 0.132. The predicted octanol–water partition coefficient (Wildman–Crippen LogP) is 2.91. The molecule has 0 radical (unpaired) electrons. The number of aliphatic imine (C=N–C) groups is 1. The van der Waals surface area contributed by atoms with Crippen molar-refractivity contribution in [2.75, 3.05) is 13.7 Å². The van der Waals surface area contributed by atoms with Crippen LogP contribution in [0.15, 0.2) is 29.4 Å². The Morgan fingerprint density at radius 3 is 2.66 bits per heavy atom. The maximum Gasteiger partial charge on any atom is 0.147 e. The number of hydrazine groups is 1. The summed E-state index contributed by atoms with van der Waals surface area (Å²) < 4.78 is 19.3. The van der Waals surface area contributed by atoms with E-state index in [-0.39, 0.29) is 12.4 Å². The molecule has 1 atom stereocenters. The van der Waals surface area contributed by atoms with Crippen LogP contribution in [0, 0.1) is 19.7 Å². The van der Waals surface area contributed by atoms with E-state index in [0.717, 1.165) is 5.56 Å². The molecule has 0 fully saturated rings. The van der Waals surface area contributed by atoms with E-state index in [2.05, 4.69) is 16.7 Å². The molecule has 1 aromatic carbocycles. The summed E-state index contributed by atoms with van der Waals surface area (Å²) in [5.74, 6) is 6.21. The van der Waals surface area contributed by atoms with Crippen LogP contribution >= 0.6 is 0 Å². The molecule has 1 aromatic heterocycles. The van der Waals surface area contributed by atoms with Gasteiger partial charge in [-0.1, -0.05) is 6.92 Å².